The summed E-state index contributed by atoms with van der Waals surface area (Å²) in [7, 11) is 0. The van der Waals surface area contributed by atoms with Crippen LogP contribution >= 0.6 is 11.8 Å². The van der Waals surface area contributed by atoms with Crippen LogP contribution in [0.5, 0.6) is 0 Å². The molecule has 0 saturated heterocycles. The first-order valence-electron chi connectivity index (χ1n) is 5.61. The van der Waals surface area contributed by atoms with E-state index in [1.54, 1.807) is 11.8 Å². The van der Waals surface area contributed by atoms with Crippen LogP contribution in [-0.4, -0.2) is 29.5 Å². The summed E-state index contributed by atoms with van der Waals surface area (Å²) in [6.07, 6.45) is 5.21. The molecule has 1 rings (SSSR count). The highest BCUT2D eigenvalue weighted by atomic mass is 32.2. The van der Waals surface area contributed by atoms with Gasteiger partial charge in [-0.25, -0.2) is 0 Å². The van der Waals surface area contributed by atoms with E-state index in [2.05, 4.69) is 18.5 Å². The molecular formula is C11H22N2OS. The SMILES string of the molecule is CCC(CSC)NC(=O)C(C)(N)C1CC1. The van der Waals surface area contributed by atoms with Crippen LogP contribution in [0.15, 0.2) is 0 Å². The number of thioether (sulfide) groups is 1. The first-order chi connectivity index (χ1) is 7.02. The Morgan fingerprint density at radius 1 is 1.67 bits per heavy atom. The highest BCUT2D eigenvalue weighted by Crippen LogP contribution is 2.38. The Balaban J connectivity index is 2.45. The van der Waals surface area contributed by atoms with Crippen molar-refractivity contribution in [3.05, 3.63) is 0 Å². The quantitative estimate of drug-likeness (QED) is 0.724. The molecule has 0 spiro atoms. The summed E-state index contributed by atoms with van der Waals surface area (Å²) in [5, 5.41) is 3.04. The highest BCUT2D eigenvalue weighted by molar-refractivity contribution is 7.98. The average molecular weight is 230 g/mol. The molecule has 1 amide bonds. The van der Waals surface area contributed by atoms with E-state index in [0.29, 0.717) is 5.92 Å². The largest absolute Gasteiger partial charge is 0.351 e. The van der Waals surface area contributed by atoms with Crippen molar-refractivity contribution in [2.75, 3.05) is 12.0 Å². The van der Waals surface area contributed by atoms with Crippen LogP contribution in [0.2, 0.25) is 0 Å². The Morgan fingerprint density at radius 2 is 2.27 bits per heavy atom. The van der Waals surface area contributed by atoms with Crippen LogP contribution in [0.4, 0.5) is 0 Å². The molecule has 0 bridgehead atoms. The molecule has 1 aliphatic rings. The molecule has 3 nitrogen and oxygen atoms in total. The first kappa shape index (κ1) is 12.8. The summed E-state index contributed by atoms with van der Waals surface area (Å²) in [4.78, 5) is 11.9. The zero-order valence-corrected chi connectivity index (χ0v) is 10.7. The molecule has 0 radical (unpaired) electrons. The van der Waals surface area contributed by atoms with E-state index in [1.807, 2.05) is 6.92 Å². The molecule has 2 unspecified atom stereocenters. The van der Waals surface area contributed by atoms with Gasteiger partial charge in [0.2, 0.25) is 5.91 Å². The molecule has 0 aromatic rings. The van der Waals surface area contributed by atoms with Crippen molar-refractivity contribution in [2.24, 2.45) is 11.7 Å². The second kappa shape index (κ2) is 5.21. The Kier molecular flexibility index (Phi) is 4.46. The Morgan fingerprint density at radius 3 is 2.67 bits per heavy atom. The van der Waals surface area contributed by atoms with Crippen LogP contribution in [0.1, 0.15) is 33.1 Å². The fraction of sp³-hybridized carbons (Fsp3) is 0.909. The molecule has 1 fully saturated rings. The zero-order valence-electron chi connectivity index (χ0n) is 9.88. The normalized spacial score (nSPS) is 21.9. The molecule has 1 saturated carbocycles. The molecule has 0 heterocycles. The summed E-state index contributed by atoms with van der Waals surface area (Å²) in [5.41, 5.74) is 5.38. The monoisotopic (exact) mass is 230 g/mol. The van der Waals surface area contributed by atoms with Gasteiger partial charge in [-0.1, -0.05) is 6.92 Å². The Labute approximate surface area is 96.6 Å². The first-order valence-corrected chi connectivity index (χ1v) is 7.00. The predicted molar refractivity (Wildman–Crippen MR) is 65.9 cm³/mol. The van der Waals surface area contributed by atoms with Gasteiger partial charge < -0.3 is 11.1 Å². The van der Waals surface area contributed by atoms with Gasteiger partial charge in [-0.3, -0.25) is 4.79 Å². The molecular weight excluding hydrogens is 208 g/mol. The van der Waals surface area contributed by atoms with Gasteiger partial charge in [0, 0.05) is 11.8 Å². The highest BCUT2D eigenvalue weighted by Gasteiger charge is 2.44. The Hall–Kier alpha value is -0.220. The third-order valence-corrected chi connectivity index (χ3v) is 3.85. The fourth-order valence-corrected chi connectivity index (χ4v) is 2.39. The van der Waals surface area contributed by atoms with Crippen LogP contribution in [0.25, 0.3) is 0 Å². The number of nitrogens with two attached hydrogens (primary N) is 1. The average Bonchev–Trinajstić information content (AvgIpc) is 3.00. The van der Waals surface area contributed by atoms with Gasteiger partial charge in [0.15, 0.2) is 0 Å². The lowest BCUT2D eigenvalue weighted by molar-refractivity contribution is -0.127. The van der Waals surface area contributed by atoms with E-state index < -0.39 is 5.54 Å². The molecule has 0 aromatic heterocycles. The molecule has 88 valence electrons. The fourth-order valence-electron chi connectivity index (χ4n) is 1.67. The topological polar surface area (TPSA) is 55.1 Å². The predicted octanol–water partition coefficient (Wildman–Crippen LogP) is 1.37. The number of hydrogen-bond donors (Lipinski definition) is 2. The van der Waals surface area contributed by atoms with Gasteiger partial charge in [-0.05, 0) is 38.4 Å². The van der Waals surface area contributed by atoms with Crippen LogP contribution in [0, 0.1) is 5.92 Å². The maximum Gasteiger partial charge on any atom is 0.240 e. The molecule has 15 heavy (non-hydrogen) atoms. The van der Waals surface area contributed by atoms with Gasteiger partial charge in [0.05, 0.1) is 5.54 Å². The van der Waals surface area contributed by atoms with Gasteiger partial charge in [0.1, 0.15) is 0 Å². The molecule has 0 aromatic carbocycles. The van der Waals surface area contributed by atoms with E-state index in [0.717, 1.165) is 25.0 Å². The van der Waals surface area contributed by atoms with E-state index >= 15 is 0 Å². The standard InChI is InChI=1S/C11H22N2OS/c1-4-9(7-15-3)13-10(14)11(2,12)8-5-6-8/h8-9H,4-7,12H2,1-3H3,(H,13,14). The van der Waals surface area contributed by atoms with Gasteiger partial charge in [0.25, 0.3) is 0 Å². The summed E-state index contributed by atoms with van der Waals surface area (Å²) < 4.78 is 0. The molecule has 3 N–H and O–H groups in total. The minimum atomic E-state index is -0.661. The number of carbonyl (C=O) groups excluding carboxylic acids is 1. The third-order valence-electron chi connectivity index (χ3n) is 3.11. The van der Waals surface area contributed by atoms with E-state index in [-0.39, 0.29) is 11.9 Å². The zero-order chi connectivity index (χ0) is 11.5. The van der Waals surface area contributed by atoms with Crippen molar-refractivity contribution < 1.29 is 4.79 Å². The second-order valence-electron chi connectivity index (χ2n) is 4.59. The molecule has 1 aliphatic carbocycles. The number of amides is 1. The third kappa shape index (κ3) is 3.38. The minimum Gasteiger partial charge on any atom is -0.351 e. The minimum absolute atomic E-state index is 0.0194. The lowest BCUT2D eigenvalue weighted by atomic mass is 9.96. The lowest BCUT2D eigenvalue weighted by Crippen LogP contribution is -2.56. The van der Waals surface area contributed by atoms with Crippen LogP contribution in [-0.2, 0) is 4.79 Å². The number of rotatable bonds is 6. The summed E-state index contributed by atoms with van der Waals surface area (Å²) >= 11 is 1.76. The van der Waals surface area contributed by atoms with E-state index in [1.165, 1.54) is 0 Å². The van der Waals surface area contributed by atoms with Gasteiger partial charge in [-0.15, -0.1) is 0 Å². The summed E-state index contributed by atoms with van der Waals surface area (Å²) in [6, 6.07) is 0.258. The van der Waals surface area contributed by atoms with Crippen molar-refractivity contribution in [1.82, 2.24) is 5.32 Å². The van der Waals surface area contributed by atoms with Gasteiger partial charge in [-0.2, -0.15) is 11.8 Å². The maximum atomic E-state index is 11.9. The molecule has 2 atom stereocenters. The van der Waals surface area contributed by atoms with Crippen LogP contribution < -0.4 is 11.1 Å². The summed E-state index contributed by atoms with van der Waals surface area (Å²) in [5.74, 6) is 1.37. The Bertz CT molecular complexity index is 227. The smallest absolute Gasteiger partial charge is 0.240 e. The van der Waals surface area contributed by atoms with Gasteiger partial charge >= 0.3 is 0 Å². The van der Waals surface area contributed by atoms with E-state index in [9.17, 15) is 4.79 Å². The second-order valence-corrected chi connectivity index (χ2v) is 5.50. The number of carbonyl (C=O) groups is 1. The number of hydrogen-bond acceptors (Lipinski definition) is 3. The van der Waals surface area contributed by atoms with Crippen molar-refractivity contribution >= 4 is 17.7 Å². The molecule has 4 heteroatoms. The van der Waals surface area contributed by atoms with Crippen molar-refractivity contribution in [1.29, 1.82) is 0 Å². The summed E-state index contributed by atoms with van der Waals surface area (Å²) in [6.45, 7) is 3.94. The van der Waals surface area contributed by atoms with Crippen molar-refractivity contribution in [2.45, 2.75) is 44.7 Å². The van der Waals surface area contributed by atoms with Crippen LogP contribution in [0.3, 0.4) is 0 Å². The molecule has 0 aliphatic heterocycles. The van der Waals surface area contributed by atoms with Crippen molar-refractivity contribution in [3.63, 3.8) is 0 Å². The van der Waals surface area contributed by atoms with E-state index in [4.69, 9.17) is 5.73 Å². The van der Waals surface area contributed by atoms with Crippen molar-refractivity contribution in [3.8, 4) is 0 Å². The lowest BCUT2D eigenvalue weighted by Gasteiger charge is -2.26. The number of nitrogens with one attached hydrogen (secondary N) is 1. The maximum absolute atomic E-state index is 11.9.